The van der Waals surface area contributed by atoms with Crippen LogP contribution in [-0.2, 0) is 0 Å². The highest BCUT2D eigenvalue weighted by atomic mass is 16.5. The van der Waals surface area contributed by atoms with Crippen molar-refractivity contribution in [2.75, 3.05) is 0 Å². The Hall–Kier alpha value is -3.01. The van der Waals surface area contributed by atoms with E-state index in [0.717, 1.165) is 16.5 Å². The van der Waals surface area contributed by atoms with Crippen LogP contribution < -0.4 is 4.74 Å². The third-order valence-electron chi connectivity index (χ3n) is 3.72. The van der Waals surface area contributed by atoms with Crippen LogP contribution in [0, 0.1) is 0 Å². The first-order valence-electron chi connectivity index (χ1n) is 6.50. The highest BCUT2D eigenvalue weighted by Gasteiger charge is 2.31. The van der Waals surface area contributed by atoms with E-state index in [0.29, 0.717) is 16.9 Å². The number of phenols is 1. The molecule has 1 aliphatic heterocycles. The number of allylic oxidation sites excluding steroid dienone is 1. The Bertz CT molecular complexity index is 921. The van der Waals surface area contributed by atoms with Crippen molar-refractivity contribution >= 4 is 16.7 Å². The van der Waals surface area contributed by atoms with Crippen molar-refractivity contribution in [2.24, 2.45) is 0 Å². The fourth-order valence-corrected chi connectivity index (χ4v) is 2.75. The number of rotatable bonds is 1. The van der Waals surface area contributed by atoms with Crippen molar-refractivity contribution in [1.82, 2.24) is 4.98 Å². The Morgan fingerprint density at radius 3 is 2.76 bits per heavy atom. The predicted octanol–water partition coefficient (Wildman–Crippen LogP) is 3.63. The number of benzene rings is 2. The van der Waals surface area contributed by atoms with Crippen LogP contribution in [0.1, 0.15) is 10.4 Å². The molecule has 0 unspecified atom stereocenters. The van der Waals surface area contributed by atoms with Gasteiger partial charge in [-0.1, -0.05) is 24.8 Å². The summed E-state index contributed by atoms with van der Waals surface area (Å²) >= 11 is 0. The number of carbonyl (C=O) groups is 1. The maximum atomic E-state index is 12.3. The van der Waals surface area contributed by atoms with E-state index in [9.17, 15) is 9.90 Å². The van der Waals surface area contributed by atoms with Gasteiger partial charge in [-0.25, -0.2) is 0 Å². The molecule has 1 aliphatic rings. The van der Waals surface area contributed by atoms with Gasteiger partial charge in [-0.15, -0.1) is 0 Å². The molecule has 0 bridgehead atoms. The van der Waals surface area contributed by atoms with Crippen LogP contribution in [0.15, 0.2) is 54.9 Å². The number of fused-ring (bicyclic) bond motifs is 2. The molecule has 2 heterocycles. The molecule has 4 nitrogen and oxygen atoms in total. The molecule has 1 aromatic heterocycles. The summed E-state index contributed by atoms with van der Waals surface area (Å²) < 4.78 is 5.36. The van der Waals surface area contributed by atoms with Crippen LogP contribution in [0.3, 0.4) is 0 Å². The molecule has 3 aromatic rings. The molecule has 0 atom stereocenters. The Balaban J connectivity index is 2.09. The van der Waals surface area contributed by atoms with E-state index < -0.39 is 0 Å². The second-order valence-corrected chi connectivity index (χ2v) is 4.94. The van der Waals surface area contributed by atoms with Gasteiger partial charge in [0.1, 0.15) is 11.5 Å². The fourth-order valence-electron chi connectivity index (χ4n) is 2.75. The number of aromatic hydroxyl groups is 1. The lowest BCUT2D eigenvalue weighted by atomic mass is 9.95. The molecule has 4 rings (SSSR count). The normalized spacial score (nSPS) is 13.5. The van der Waals surface area contributed by atoms with E-state index >= 15 is 0 Å². The van der Waals surface area contributed by atoms with E-state index in [4.69, 9.17) is 4.74 Å². The van der Waals surface area contributed by atoms with E-state index in [1.807, 2.05) is 24.3 Å². The quantitative estimate of drug-likeness (QED) is 0.668. The number of aromatic amines is 1. The summed E-state index contributed by atoms with van der Waals surface area (Å²) in [4.78, 5) is 15.4. The Kier molecular flexibility index (Phi) is 2.24. The first kappa shape index (κ1) is 11.8. The second-order valence-electron chi connectivity index (χ2n) is 4.94. The lowest BCUT2D eigenvalue weighted by molar-refractivity contribution is 0.101. The summed E-state index contributed by atoms with van der Waals surface area (Å²) in [7, 11) is 0. The molecule has 0 radical (unpaired) electrons. The van der Waals surface area contributed by atoms with Crippen LogP contribution >= 0.6 is 0 Å². The zero-order valence-electron chi connectivity index (χ0n) is 11.0. The van der Waals surface area contributed by atoms with Crippen LogP contribution in [0.2, 0.25) is 0 Å². The molecule has 0 spiro atoms. The molecular weight excluding hydrogens is 266 g/mol. The molecule has 21 heavy (non-hydrogen) atoms. The van der Waals surface area contributed by atoms with E-state index in [1.165, 1.54) is 6.07 Å². The van der Waals surface area contributed by atoms with Gasteiger partial charge in [-0.2, -0.15) is 0 Å². The first-order valence-corrected chi connectivity index (χ1v) is 6.50. The smallest absolute Gasteiger partial charge is 0.232 e. The number of Topliss-reactive ketones (excluding diaryl/α,β-unsaturated/α-hetero) is 1. The topological polar surface area (TPSA) is 62.3 Å². The van der Waals surface area contributed by atoms with Crippen LogP contribution in [0.25, 0.3) is 22.0 Å². The highest BCUT2D eigenvalue weighted by molar-refractivity contribution is 6.18. The van der Waals surface area contributed by atoms with Crippen molar-refractivity contribution in [3.05, 3.63) is 60.5 Å². The maximum absolute atomic E-state index is 12.3. The summed E-state index contributed by atoms with van der Waals surface area (Å²) in [5, 5.41) is 11.2. The number of ketones is 1. The van der Waals surface area contributed by atoms with Gasteiger partial charge in [-0.3, -0.25) is 4.79 Å². The average Bonchev–Trinajstić information content (AvgIpc) is 3.03. The minimum Gasteiger partial charge on any atom is -0.507 e. The van der Waals surface area contributed by atoms with Crippen LogP contribution in [-0.4, -0.2) is 15.9 Å². The Morgan fingerprint density at radius 1 is 1.10 bits per heavy atom. The molecule has 0 fully saturated rings. The lowest BCUT2D eigenvalue weighted by Crippen LogP contribution is -1.97. The van der Waals surface area contributed by atoms with Crippen LogP contribution in [0.5, 0.6) is 11.5 Å². The van der Waals surface area contributed by atoms with Gasteiger partial charge in [-0.05, 0) is 18.2 Å². The van der Waals surface area contributed by atoms with E-state index in [2.05, 4.69) is 11.6 Å². The standard InChI is InChI=1S/C17H11NO3/c1-9-17(20)16-14(21-9)7-6-13(19)15(16)11-8-18-12-5-3-2-4-10(11)12/h2-8,18-19H,1H2. The number of nitrogens with one attached hydrogen (secondary N) is 1. The minimum absolute atomic E-state index is 0.0464. The van der Waals surface area contributed by atoms with Crippen molar-refractivity contribution in [2.45, 2.75) is 0 Å². The molecule has 0 saturated carbocycles. The van der Waals surface area contributed by atoms with Gasteiger partial charge in [0.2, 0.25) is 5.78 Å². The zero-order valence-corrected chi connectivity index (χ0v) is 11.0. The number of carbonyl (C=O) groups excluding carboxylic acids is 1. The number of phenolic OH excluding ortho intramolecular Hbond substituents is 1. The van der Waals surface area contributed by atoms with Crippen molar-refractivity contribution in [1.29, 1.82) is 0 Å². The summed E-state index contributed by atoms with van der Waals surface area (Å²) in [5.41, 5.74) is 2.56. The highest BCUT2D eigenvalue weighted by Crippen LogP contribution is 2.44. The molecule has 4 heteroatoms. The van der Waals surface area contributed by atoms with Gasteiger partial charge in [0, 0.05) is 28.2 Å². The van der Waals surface area contributed by atoms with Crippen molar-refractivity contribution < 1.29 is 14.6 Å². The number of para-hydroxylation sites is 1. The monoisotopic (exact) mass is 277 g/mol. The molecule has 2 aromatic carbocycles. The van der Waals surface area contributed by atoms with Gasteiger partial charge >= 0.3 is 0 Å². The van der Waals surface area contributed by atoms with Gasteiger partial charge in [0.15, 0.2) is 5.76 Å². The SMILES string of the molecule is C=C1Oc2ccc(O)c(-c3c[nH]c4ccccc34)c2C1=O. The maximum Gasteiger partial charge on any atom is 0.232 e. The van der Waals surface area contributed by atoms with Gasteiger partial charge in [0.25, 0.3) is 0 Å². The fraction of sp³-hybridized carbons (Fsp3) is 0. The number of H-pyrrole nitrogens is 1. The Morgan fingerprint density at radius 2 is 1.90 bits per heavy atom. The molecule has 0 aliphatic carbocycles. The molecular formula is C17H11NO3. The summed E-state index contributed by atoms with van der Waals surface area (Å²) in [6, 6.07) is 10.8. The second kappa shape index (κ2) is 3.99. The number of hydrogen-bond acceptors (Lipinski definition) is 3. The lowest BCUT2D eigenvalue weighted by Gasteiger charge is -2.07. The summed E-state index contributed by atoms with van der Waals surface area (Å²) in [6.45, 7) is 3.60. The van der Waals surface area contributed by atoms with Crippen molar-refractivity contribution in [3.63, 3.8) is 0 Å². The van der Waals surface area contributed by atoms with Crippen LogP contribution in [0.4, 0.5) is 0 Å². The molecule has 0 saturated heterocycles. The number of aromatic nitrogens is 1. The minimum atomic E-state index is -0.291. The first-order chi connectivity index (χ1) is 10.2. The molecule has 2 N–H and O–H groups in total. The van der Waals surface area contributed by atoms with E-state index in [-0.39, 0.29) is 17.3 Å². The van der Waals surface area contributed by atoms with E-state index in [1.54, 1.807) is 12.3 Å². The summed E-state index contributed by atoms with van der Waals surface area (Å²) in [6.07, 6.45) is 1.79. The predicted molar refractivity (Wildman–Crippen MR) is 79.5 cm³/mol. The largest absolute Gasteiger partial charge is 0.507 e. The third-order valence-corrected chi connectivity index (χ3v) is 3.72. The van der Waals surface area contributed by atoms with Gasteiger partial charge < -0.3 is 14.8 Å². The zero-order chi connectivity index (χ0) is 14.6. The van der Waals surface area contributed by atoms with Crippen molar-refractivity contribution in [3.8, 4) is 22.6 Å². The number of hydrogen-bond donors (Lipinski definition) is 2. The third kappa shape index (κ3) is 1.53. The van der Waals surface area contributed by atoms with Gasteiger partial charge in [0.05, 0.1) is 5.56 Å². The molecule has 102 valence electrons. The number of ether oxygens (including phenoxy) is 1. The Labute approximate surface area is 120 Å². The summed E-state index contributed by atoms with van der Waals surface area (Å²) in [5.74, 6) is 0.270. The average molecular weight is 277 g/mol. The molecule has 0 amide bonds.